The largest absolute Gasteiger partial charge is 0.475 e. The fourth-order valence-corrected chi connectivity index (χ4v) is 2.55. The molecule has 1 unspecified atom stereocenters. The van der Waals surface area contributed by atoms with Crippen molar-refractivity contribution in [3.8, 4) is 0 Å². The van der Waals surface area contributed by atoms with Crippen LogP contribution in [0.4, 0.5) is 0 Å². The van der Waals surface area contributed by atoms with Crippen LogP contribution in [0.15, 0.2) is 46.9 Å². The van der Waals surface area contributed by atoms with Gasteiger partial charge in [0, 0.05) is 5.56 Å². The van der Waals surface area contributed by atoms with Gasteiger partial charge in [0.25, 0.3) is 0 Å². The van der Waals surface area contributed by atoms with E-state index in [1.807, 2.05) is 25.1 Å². The maximum atomic E-state index is 12.1. The topological polar surface area (TPSA) is 67.5 Å². The van der Waals surface area contributed by atoms with E-state index in [0.29, 0.717) is 17.1 Å². The fraction of sp³-hybridized carbons (Fsp3) is 0.200. The highest BCUT2D eigenvalue weighted by molar-refractivity contribution is 7.99. The normalized spacial score (nSPS) is 12.1. The number of carbonyl (C=O) groups is 2. The summed E-state index contributed by atoms with van der Waals surface area (Å²) in [5, 5.41) is 8.55. The van der Waals surface area contributed by atoms with Crippen molar-refractivity contribution < 1.29 is 19.1 Å². The molecule has 1 heterocycles. The summed E-state index contributed by atoms with van der Waals surface area (Å²) in [6.45, 7) is 1.83. The fourth-order valence-electron chi connectivity index (χ4n) is 1.69. The molecule has 0 saturated heterocycles. The SMILES string of the molecule is CC(SCc1ccc(C(=O)O)o1)C(=O)c1ccccc1. The van der Waals surface area contributed by atoms with Gasteiger partial charge in [-0.1, -0.05) is 30.3 Å². The minimum absolute atomic E-state index is 0.0561. The quantitative estimate of drug-likeness (QED) is 0.825. The predicted molar refractivity (Wildman–Crippen MR) is 77.2 cm³/mol. The van der Waals surface area contributed by atoms with Crippen molar-refractivity contribution in [2.75, 3.05) is 0 Å². The molecule has 1 atom stereocenters. The molecule has 1 N–H and O–H groups in total. The first-order valence-corrected chi connectivity index (χ1v) is 7.15. The van der Waals surface area contributed by atoms with Gasteiger partial charge >= 0.3 is 5.97 Å². The first-order chi connectivity index (χ1) is 9.58. The zero-order chi connectivity index (χ0) is 14.5. The van der Waals surface area contributed by atoms with E-state index in [4.69, 9.17) is 9.52 Å². The van der Waals surface area contributed by atoms with Crippen LogP contribution in [-0.2, 0) is 5.75 Å². The van der Waals surface area contributed by atoms with E-state index < -0.39 is 5.97 Å². The lowest BCUT2D eigenvalue weighted by atomic mass is 10.1. The van der Waals surface area contributed by atoms with Crippen LogP contribution in [0, 0.1) is 0 Å². The summed E-state index contributed by atoms with van der Waals surface area (Å²) >= 11 is 1.42. The number of carboxylic acid groups (broad SMARTS) is 1. The summed E-state index contributed by atoms with van der Waals surface area (Å²) in [5.74, 6) is -0.0921. The third kappa shape index (κ3) is 3.51. The van der Waals surface area contributed by atoms with Crippen molar-refractivity contribution in [1.82, 2.24) is 0 Å². The minimum atomic E-state index is -1.09. The van der Waals surface area contributed by atoms with Crippen LogP contribution in [0.25, 0.3) is 0 Å². The first kappa shape index (κ1) is 14.4. The lowest BCUT2D eigenvalue weighted by Crippen LogP contribution is -2.13. The highest BCUT2D eigenvalue weighted by Crippen LogP contribution is 2.22. The lowest BCUT2D eigenvalue weighted by molar-refractivity contribution is 0.0660. The Labute approximate surface area is 120 Å². The number of benzene rings is 1. The molecule has 0 saturated carbocycles. The number of hydrogen-bond acceptors (Lipinski definition) is 4. The van der Waals surface area contributed by atoms with Gasteiger partial charge in [-0.05, 0) is 19.1 Å². The van der Waals surface area contributed by atoms with Crippen molar-refractivity contribution in [3.05, 3.63) is 59.5 Å². The van der Waals surface area contributed by atoms with Crippen LogP contribution in [0.1, 0.15) is 33.6 Å². The molecule has 0 fully saturated rings. The van der Waals surface area contributed by atoms with E-state index in [9.17, 15) is 9.59 Å². The summed E-state index contributed by atoms with van der Waals surface area (Å²) in [7, 11) is 0. The number of furan rings is 1. The number of ketones is 1. The van der Waals surface area contributed by atoms with Gasteiger partial charge in [-0.2, -0.15) is 0 Å². The van der Waals surface area contributed by atoms with Gasteiger partial charge in [0.1, 0.15) is 5.76 Å². The molecule has 20 heavy (non-hydrogen) atoms. The van der Waals surface area contributed by atoms with E-state index in [0.717, 1.165) is 0 Å². The van der Waals surface area contributed by atoms with Gasteiger partial charge in [-0.3, -0.25) is 4.79 Å². The van der Waals surface area contributed by atoms with Gasteiger partial charge in [0.05, 0.1) is 11.0 Å². The molecule has 1 aromatic carbocycles. The Balaban J connectivity index is 1.93. The van der Waals surface area contributed by atoms with Crippen LogP contribution in [0.2, 0.25) is 0 Å². The Morgan fingerprint density at radius 2 is 1.90 bits per heavy atom. The maximum absolute atomic E-state index is 12.1. The molecule has 0 aliphatic rings. The van der Waals surface area contributed by atoms with Gasteiger partial charge in [-0.15, -0.1) is 11.8 Å². The highest BCUT2D eigenvalue weighted by Gasteiger charge is 2.16. The Morgan fingerprint density at radius 1 is 1.20 bits per heavy atom. The van der Waals surface area contributed by atoms with E-state index in [2.05, 4.69) is 0 Å². The van der Waals surface area contributed by atoms with E-state index in [1.165, 1.54) is 17.8 Å². The molecular weight excluding hydrogens is 276 g/mol. The summed E-state index contributed by atoms with van der Waals surface area (Å²) in [5.41, 5.74) is 0.679. The zero-order valence-corrected chi connectivity index (χ0v) is 11.7. The molecular formula is C15H14O4S. The molecule has 2 aromatic rings. The van der Waals surface area contributed by atoms with E-state index >= 15 is 0 Å². The summed E-state index contributed by atoms with van der Waals surface area (Å²) in [4.78, 5) is 22.8. The van der Waals surface area contributed by atoms with Gasteiger partial charge in [0.2, 0.25) is 5.76 Å². The molecule has 2 rings (SSSR count). The van der Waals surface area contributed by atoms with Gasteiger partial charge in [-0.25, -0.2) is 4.79 Å². The smallest absolute Gasteiger partial charge is 0.371 e. The Hall–Kier alpha value is -2.01. The first-order valence-electron chi connectivity index (χ1n) is 6.11. The number of Topliss-reactive ketones (excluding diaryl/α,β-unsaturated/α-hetero) is 1. The second kappa shape index (κ2) is 6.43. The summed E-state index contributed by atoms with van der Waals surface area (Å²) < 4.78 is 5.15. The average molecular weight is 290 g/mol. The molecule has 0 radical (unpaired) electrons. The second-order valence-corrected chi connectivity index (χ2v) is 5.58. The molecule has 104 valence electrons. The highest BCUT2D eigenvalue weighted by atomic mass is 32.2. The molecule has 5 heteroatoms. The third-order valence-corrected chi connectivity index (χ3v) is 3.94. The Morgan fingerprint density at radius 3 is 2.50 bits per heavy atom. The molecule has 4 nitrogen and oxygen atoms in total. The van der Waals surface area contributed by atoms with Crippen molar-refractivity contribution >= 4 is 23.5 Å². The molecule has 0 spiro atoms. The summed E-state index contributed by atoms with van der Waals surface area (Å²) in [6, 6.07) is 12.1. The van der Waals surface area contributed by atoms with Gasteiger partial charge < -0.3 is 9.52 Å². The molecule has 0 amide bonds. The maximum Gasteiger partial charge on any atom is 0.371 e. The summed E-state index contributed by atoms with van der Waals surface area (Å²) in [6.07, 6.45) is 0. The Bertz CT molecular complexity index is 603. The van der Waals surface area contributed by atoms with Crippen LogP contribution in [-0.4, -0.2) is 22.1 Å². The van der Waals surface area contributed by atoms with Crippen LogP contribution in [0.3, 0.4) is 0 Å². The van der Waals surface area contributed by atoms with Crippen LogP contribution in [0.5, 0.6) is 0 Å². The van der Waals surface area contributed by atoms with Crippen molar-refractivity contribution in [2.24, 2.45) is 0 Å². The van der Waals surface area contributed by atoms with Crippen molar-refractivity contribution in [3.63, 3.8) is 0 Å². The molecule has 0 aliphatic heterocycles. The van der Waals surface area contributed by atoms with Crippen LogP contribution >= 0.6 is 11.8 Å². The number of thioether (sulfide) groups is 1. The predicted octanol–water partition coefficient (Wildman–Crippen LogP) is 3.48. The lowest BCUT2D eigenvalue weighted by Gasteiger charge is -2.09. The number of rotatable bonds is 6. The molecule has 1 aromatic heterocycles. The number of carbonyl (C=O) groups excluding carboxylic acids is 1. The minimum Gasteiger partial charge on any atom is -0.475 e. The third-order valence-electron chi connectivity index (χ3n) is 2.78. The number of aromatic carboxylic acids is 1. The Kier molecular flexibility index (Phi) is 4.63. The number of carboxylic acids is 1. The molecule has 0 bridgehead atoms. The van der Waals surface area contributed by atoms with Gasteiger partial charge in [0.15, 0.2) is 5.78 Å². The number of hydrogen-bond donors (Lipinski definition) is 1. The van der Waals surface area contributed by atoms with E-state index in [-0.39, 0.29) is 16.8 Å². The van der Waals surface area contributed by atoms with E-state index in [1.54, 1.807) is 18.2 Å². The molecule has 0 aliphatic carbocycles. The average Bonchev–Trinajstić information content (AvgIpc) is 2.94. The zero-order valence-electron chi connectivity index (χ0n) is 10.9. The van der Waals surface area contributed by atoms with Crippen molar-refractivity contribution in [2.45, 2.75) is 17.9 Å². The monoisotopic (exact) mass is 290 g/mol. The van der Waals surface area contributed by atoms with Crippen LogP contribution < -0.4 is 0 Å². The van der Waals surface area contributed by atoms with Crippen molar-refractivity contribution in [1.29, 1.82) is 0 Å². The second-order valence-electron chi connectivity index (χ2n) is 4.25. The standard InChI is InChI=1S/C15H14O4S/c1-10(14(16)11-5-3-2-4-6-11)20-9-12-7-8-13(19-12)15(17)18/h2-8,10H,9H2,1H3,(H,17,18).